The zero-order valence-electron chi connectivity index (χ0n) is 9.55. The van der Waals surface area contributed by atoms with Crippen LogP contribution < -0.4 is 5.32 Å². The number of carbonyl (C=O) groups is 3. The van der Waals surface area contributed by atoms with E-state index in [0.29, 0.717) is 4.48 Å². The maximum absolute atomic E-state index is 12.0. The van der Waals surface area contributed by atoms with Gasteiger partial charge in [0.05, 0.1) is 6.42 Å². The van der Waals surface area contributed by atoms with Gasteiger partial charge in [-0.3, -0.25) is 14.5 Å². The van der Waals surface area contributed by atoms with E-state index in [2.05, 4.69) is 5.32 Å². The van der Waals surface area contributed by atoms with Crippen molar-refractivity contribution < 1.29 is 18.9 Å². The minimum absolute atomic E-state index is 0.119. The van der Waals surface area contributed by atoms with E-state index < -0.39 is 0 Å². The normalized spacial score (nSPS) is 38.1. The fourth-order valence-corrected chi connectivity index (χ4v) is 2.74. The molecular formula is C11H14N3O3+. The van der Waals surface area contributed by atoms with Gasteiger partial charge in [-0.2, -0.15) is 0 Å². The summed E-state index contributed by atoms with van der Waals surface area (Å²) in [6, 6.07) is 0. The largest absolute Gasteiger partial charge is 0.318 e. The van der Waals surface area contributed by atoms with Crippen LogP contribution in [0.15, 0.2) is 12.2 Å². The Labute approximate surface area is 98.4 Å². The zero-order chi connectivity index (χ0) is 12.2. The average Bonchev–Trinajstić information content (AvgIpc) is 2.80. The first kappa shape index (κ1) is 10.6. The Bertz CT molecular complexity index is 441. The molecule has 90 valence electrons. The van der Waals surface area contributed by atoms with Gasteiger partial charge in [0, 0.05) is 25.6 Å². The minimum Gasteiger partial charge on any atom is -0.275 e. The quantitative estimate of drug-likeness (QED) is 0.385. The summed E-state index contributed by atoms with van der Waals surface area (Å²) < 4.78 is 0.490. The highest BCUT2D eigenvalue weighted by Gasteiger charge is 2.72. The second-order valence-electron chi connectivity index (χ2n) is 4.78. The maximum Gasteiger partial charge on any atom is 0.318 e. The SMILES string of the molecule is CC1NC2C[N+]12C(=O)CCN1C(=O)C=CC1=O. The van der Waals surface area contributed by atoms with Crippen molar-refractivity contribution >= 4 is 17.7 Å². The van der Waals surface area contributed by atoms with Crippen molar-refractivity contribution in [2.24, 2.45) is 0 Å². The van der Waals surface area contributed by atoms with E-state index in [1.54, 1.807) is 0 Å². The van der Waals surface area contributed by atoms with Gasteiger partial charge in [0.1, 0.15) is 0 Å². The van der Waals surface area contributed by atoms with Crippen LogP contribution in [-0.2, 0) is 14.4 Å². The molecule has 2 fully saturated rings. The predicted octanol–water partition coefficient (Wildman–Crippen LogP) is -1.07. The molecule has 0 aliphatic carbocycles. The van der Waals surface area contributed by atoms with Gasteiger partial charge in [0.25, 0.3) is 11.8 Å². The molecule has 0 saturated carbocycles. The van der Waals surface area contributed by atoms with Gasteiger partial charge < -0.3 is 0 Å². The molecule has 0 aromatic rings. The summed E-state index contributed by atoms with van der Waals surface area (Å²) >= 11 is 0. The van der Waals surface area contributed by atoms with Crippen molar-refractivity contribution in [1.82, 2.24) is 10.2 Å². The molecule has 2 saturated heterocycles. The van der Waals surface area contributed by atoms with E-state index in [1.165, 1.54) is 12.2 Å². The third-order valence-electron chi connectivity index (χ3n) is 3.94. The highest BCUT2D eigenvalue weighted by atomic mass is 16.2. The van der Waals surface area contributed by atoms with Crippen molar-refractivity contribution in [2.45, 2.75) is 25.7 Å². The summed E-state index contributed by atoms with van der Waals surface area (Å²) in [5, 5.41) is 3.24. The third kappa shape index (κ3) is 1.31. The highest BCUT2D eigenvalue weighted by molar-refractivity contribution is 6.12. The lowest BCUT2D eigenvalue weighted by Crippen LogP contribution is -2.63. The van der Waals surface area contributed by atoms with Gasteiger partial charge in [0.2, 0.25) is 6.17 Å². The number of fused-ring (bicyclic) bond motifs is 1. The minimum atomic E-state index is -0.320. The topological polar surface area (TPSA) is 66.5 Å². The van der Waals surface area contributed by atoms with Crippen molar-refractivity contribution in [1.29, 1.82) is 0 Å². The van der Waals surface area contributed by atoms with E-state index in [-0.39, 0.29) is 43.0 Å². The summed E-state index contributed by atoms with van der Waals surface area (Å²) in [4.78, 5) is 35.7. The van der Waals surface area contributed by atoms with E-state index in [1.807, 2.05) is 6.92 Å². The number of imide groups is 1. The van der Waals surface area contributed by atoms with Crippen LogP contribution in [0.4, 0.5) is 0 Å². The summed E-state index contributed by atoms with van der Waals surface area (Å²) in [7, 11) is 0. The molecule has 3 atom stereocenters. The molecule has 3 aliphatic rings. The lowest BCUT2D eigenvalue weighted by atomic mass is 10.3. The number of amides is 3. The van der Waals surface area contributed by atoms with Gasteiger partial charge in [-0.05, 0) is 0 Å². The Morgan fingerprint density at radius 3 is 2.59 bits per heavy atom. The van der Waals surface area contributed by atoms with Gasteiger partial charge >= 0.3 is 5.91 Å². The lowest BCUT2D eigenvalue weighted by molar-refractivity contribution is -0.810. The summed E-state index contributed by atoms with van der Waals surface area (Å²) in [5.41, 5.74) is 0. The number of nitrogens with one attached hydrogen (secondary N) is 1. The van der Waals surface area contributed by atoms with Gasteiger partial charge in [-0.25, -0.2) is 14.6 Å². The van der Waals surface area contributed by atoms with Crippen LogP contribution in [0.1, 0.15) is 13.3 Å². The molecule has 17 heavy (non-hydrogen) atoms. The standard InChI is InChI=1S/C11H14N3O3/c1-7-12-8-6-14(7,8)11(17)4-5-13-9(15)2-3-10(13)16/h2-3,7-8,12H,4-6H2,1H3/q+1. The summed E-state index contributed by atoms with van der Waals surface area (Å²) in [5.74, 6) is -0.520. The Hall–Kier alpha value is -1.53. The molecule has 0 bridgehead atoms. The molecule has 3 amide bonds. The van der Waals surface area contributed by atoms with Crippen molar-refractivity contribution in [3.63, 3.8) is 0 Å². The molecule has 6 nitrogen and oxygen atoms in total. The van der Waals surface area contributed by atoms with E-state index in [9.17, 15) is 14.4 Å². The molecule has 3 aliphatic heterocycles. The number of quaternary nitrogens is 1. The van der Waals surface area contributed by atoms with Gasteiger partial charge in [-0.15, -0.1) is 0 Å². The highest BCUT2D eigenvalue weighted by Crippen LogP contribution is 2.41. The molecule has 3 heterocycles. The summed E-state index contributed by atoms with van der Waals surface area (Å²) in [6.45, 7) is 3.03. The maximum atomic E-state index is 12.0. The Morgan fingerprint density at radius 2 is 2.12 bits per heavy atom. The third-order valence-corrected chi connectivity index (χ3v) is 3.94. The van der Waals surface area contributed by atoms with Crippen LogP contribution in [0, 0.1) is 0 Å². The van der Waals surface area contributed by atoms with Crippen molar-refractivity contribution in [3.05, 3.63) is 12.2 Å². The smallest absolute Gasteiger partial charge is 0.275 e. The molecular weight excluding hydrogens is 222 g/mol. The van der Waals surface area contributed by atoms with Crippen LogP contribution in [0.3, 0.4) is 0 Å². The Balaban J connectivity index is 1.57. The predicted molar refractivity (Wildman–Crippen MR) is 57.0 cm³/mol. The molecule has 3 unspecified atom stereocenters. The van der Waals surface area contributed by atoms with Gasteiger partial charge in [-0.1, -0.05) is 0 Å². The van der Waals surface area contributed by atoms with Crippen LogP contribution in [0.2, 0.25) is 0 Å². The van der Waals surface area contributed by atoms with Crippen LogP contribution in [0.25, 0.3) is 0 Å². The number of hydrogen-bond donors (Lipinski definition) is 1. The van der Waals surface area contributed by atoms with Crippen molar-refractivity contribution in [2.75, 3.05) is 13.1 Å². The number of nitrogens with zero attached hydrogens (tertiary/aromatic N) is 2. The second-order valence-corrected chi connectivity index (χ2v) is 4.78. The summed E-state index contributed by atoms with van der Waals surface area (Å²) in [6.07, 6.45) is 3.19. The van der Waals surface area contributed by atoms with Crippen molar-refractivity contribution in [3.8, 4) is 0 Å². The molecule has 0 radical (unpaired) electrons. The number of hydrogen-bond acceptors (Lipinski definition) is 4. The fraction of sp³-hybridized carbons (Fsp3) is 0.545. The first-order chi connectivity index (χ1) is 8.05. The monoisotopic (exact) mass is 236 g/mol. The molecule has 3 rings (SSSR count). The van der Waals surface area contributed by atoms with E-state index >= 15 is 0 Å². The van der Waals surface area contributed by atoms with Crippen LogP contribution >= 0.6 is 0 Å². The van der Waals surface area contributed by atoms with E-state index in [4.69, 9.17) is 0 Å². The van der Waals surface area contributed by atoms with Crippen LogP contribution in [0.5, 0.6) is 0 Å². The first-order valence-corrected chi connectivity index (χ1v) is 5.76. The van der Waals surface area contributed by atoms with E-state index in [0.717, 1.165) is 11.4 Å². The lowest BCUT2D eigenvalue weighted by Gasteiger charge is -2.33. The molecule has 0 aromatic heterocycles. The zero-order valence-corrected chi connectivity index (χ0v) is 9.55. The second kappa shape index (κ2) is 3.24. The van der Waals surface area contributed by atoms with Crippen LogP contribution in [-0.4, -0.2) is 52.5 Å². The average molecular weight is 236 g/mol. The Morgan fingerprint density at radius 1 is 1.47 bits per heavy atom. The number of rotatable bonds is 3. The fourth-order valence-electron chi connectivity index (χ4n) is 2.74. The molecule has 0 spiro atoms. The first-order valence-electron chi connectivity index (χ1n) is 5.76. The van der Waals surface area contributed by atoms with Gasteiger partial charge in [0.15, 0.2) is 12.7 Å². The molecule has 1 N–H and O–H groups in total. The molecule has 6 heteroatoms. The number of carbonyl (C=O) groups excluding carboxylic acids is 3. The molecule has 0 aromatic carbocycles. The Kier molecular flexibility index (Phi) is 2.02.